The summed E-state index contributed by atoms with van der Waals surface area (Å²) in [6.07, 6.45) is 1.89. The maximum Gasteiger partial charge on any atom is 0.253 e. The highest BCUT2D eigenvalue weighted by molar-refractivity contribution is 5.94. The molecule has 100 valence electrons. The molecule has 0 aliphatic carbocycles. The smallest absolute Gasteiger partial charge is 0.253 e. The molecule has 1 amide bonds. The number of hydrogen-bond donors (Lipinski definition) is 1. The lowest BCUT2D eigenvalue weighted by molar-refractivity contribution is 0.0761. The Bertz CT molecular complexity index is 380. The number of nitrogens with two attached hydrogens (primary N) is 1. The second-order valence-corrected chi connectivity index (χ2v) is 4.11. The van der Waals surface area contributed by atoms with Crippen molar-refractivity contribution in [2.45, 2.75) is 19.8 Å². The predicted octanol–water partition coefficient (Wildman–Crippen LogP) is 1.90. The molecule has 0 aromatic heterocycles. The molecule has 0 aliphatic rings. The van der Waals surface area contributed by atoms with Crippen LogP contribution in [0.25, 0.3) is 0 Å². The van der Waals surface area contributed by atoms with E-state index < -0.39 is 0 Å². The molecular weight excluding hydrogens is 228 g/mol. The zero-order valence-electron chi connectivity index (χ0n) is 11.2. The number of methoxy groups -OCH3 is 1. The van der Waals surface area contributed by atoms with Gasteiger partial charge in [0.15, 0.2) is 0 Å². The van der Waals surface area contributed by atoms with Gasteiger partial charge in [0.1, 0.15) is 5.75 Å². The molecule has 0 fully saturated rings. The first-order valence-electron chi connectivity index (χ1n) is 6.36. The number of hydrogen-bond acceptors (Lipinski definition) is 3. The van der Waals surface area contributed by atoms with E-state index in [9.17, 15) is 4.79 Å². The van der Waals surface area contributed by atoms with Gasteiger partial charge in [-0.15, -0.1) is 0 Å². The minimum absolute atomic E-state index is 0.0495. The number of benzene rings is 1. The molecule has 0 aliphatic heterocycles. The highest BCUT2D eigenvalue weighted by Crippen LogP contribution is 2.14. The van der Waals surface area contributed by atoms with Gasteiger partial charge in [0, 0.05) is 18.7 Å². The lowest BCUT2D eigenvalue weighted by atomic mass is 10.1. The van der Waals surface area contributed by atoms with Crippen molar-refractivity contribution in [1.29, 1.82) is 0 Å². The number of carbonyl (C=O) groups is 1. The molecule has 0 unspecified atom stereocenters. The van der Waals surface area contributed by atoms with E-state index in [0.29, 0.717) is 24.4 Å². The van der Waals surface area contributed by atoms with Crippen molar-refractivity contribution in [3.8, 4) is 5.75 Å². The SMILES string of the molecule is CCN(CCCCN)C(=O)c1cccc(OC)c1. The van der Waals surface area contributed by atoms with Crippen LogP contribution < -0.4 is 10.5 Å². The van der Waals surface area contributed by atoms with Crippen molar-refractivity contribution in [1.82, 2.24) is 4.90 Å². The maximum atomic E-state index is 12.3. The topological polar surface area (TPSA) is 55.6 Å². The van der Waals surface area contributed by atoms with Gasteiger partial charge in [-0.25, -0.2) is 0 Å². The number of nitrogens with zero attached hydrogens (tertiary/aromatic N) is 1. The first kappa shape index (κ1) is 14.5. The highest BCUT2D eigenvalue weighted by atomic mass is 16.5. The molecule has 4 heteroatoms. The third-order valence-corrected chi connectivity index (χ3v) is 2.87. The van der Waals surface area contributed by atoms with Crippen molar-refractivity contribution in [2.24, 2.45) is 5.73 Å². The monoisotopic (exact) mass is 250 g/mol. The van der Waals surface area contributed by atoms with Crippen LogP contribution in [0.2, 0.25) is 0 Å². The second kappa shape index (κ2) is 7.71. The molecule has 1 aromatic carbocycles. The molecule has 0 atom stereocenters. The van der Waals surface area contributed by atoms with Gasteiger partial charge in [-0.2, -0.15) is 0 Å². The Morgan fingerprint density at radius 1 is 1.39 bits per heavy atom. The number of unbranched alkanes of at least 4 members (excludes halogenated alkanes) is 1. The molecule has 0 bridgehead atoms. The molecule has 18 heavy (non-hydrogen) atoms. The predicted molar refractivity (Wildman–Crippen MR) is 72.9 cm³/mol. The second-order valence-electron chi connectivity index (χ2n) is 4.11. The summed E-state index contributed by atoms with van der Waals surface area (Å²) in [5, 5.41) is 0. The van der Waals surface area contributed by atoms with Crippen molar-refractivity contribution < 1.29 is 9.53 Å². The van der Waals surface area contributed by atoms with Crippen LogP contribution in [0.1, 0.15) is 30.1 Å². The minimum atomic E-state index is 0.0495. The Morgan fingerprint density at radius 3 is 2.78 bits per heavy atom. The van der Waals surface area contributed by atoms with E-state index in [0.717, 1.165) is 19.4 Å². The van der Waals surface area contributed by atoms with Crippen molar-refractivity contribution in [2.75, 3.05) is 26.7 Å². The summed E-state index contributed by atoms with van der Waals surface area (Å²) in [6.45, 7) is 4.12. The molecule has 1 rings (SSSR count). The fourth-order valence-electron chi connectivity index (χ4n) is 1.79. The molecule has 0 heterocycles. The van der Waals surface area contributed by atoms with Crippen LogP contribution >= 0.6 is 0 Å². The van der Waals surface area contributed by atoms with Crippen LogP contribution in [0.15, 0.2) is 24.3 Å². The van der Waals surface area contributed by atoms with Gasteiger partial charge in [-0.1, -0.05) is 6.07 Å². The van der Waals surface area contributed by atoms with Crippen LogP contribution in [-0.4, -0.2) is 37.6 Å². The third kappa shape index (κ3) is 4.04. The van der Waals surface area contributed by atoms with Crippen LogP contribution in [0.5, 0.6) is 5.75 Å². The van der Waals surface area contributed by atoms with E-state index in [4.69, 9.17) is 10.5 Å². The maximum absolute atomic E-state index is 12.3. The Morgan fingerprint density at radius 2 is 2.17 bits per heavy atom. The van der Waals surface area contributed by atoms with E-state index in [-0.39, 0.29) is 5.91 Å². The summed E-state index contributed by atoms with van der Waals surface area (Å²) in [7, 11) is 1.60. The largest absolute Gasteiger partial charge is 0.497 e. The zero-order chi connectivity index (χ0) is 13.4. The summed E-state index contributed by atoms with van der Waals surface area (Å²) < 4.78 is 5.13. The Kier molecular flexibility index (Phi) is 6.22. The fourth-order valence-corrected chi connectivity index (χ4v) is 1.79. The average molecular weight is 250 g/mol. The normalized spacial score (nSPS) is 10.2. The van der Waals surface area contributed by atoms with Gasteiger partial charge < -0.3 is 15.4 Å². The van der Waals surface area contributed by atoms with E-state index >= 15 is 0 Å². The lowest BCUT2D eigenvalue weighted by Gasteiger charge is -2.21. The molecule has 0 saturated heterocycles. The molecule has 0 spiro atoms. The van der Waals surface area contributed by atoms with Gasteiger partial charge in [-0.3, -0.25) is 4.79 Å². The molecule has 4 nitrogen and oxygen atoms in total. The van der Waals surface area contributed by atoms with E-state index in [1.54, 1.807) is 13.2 Å². The van der Waals surface area contributed by atoms with Gasteiger partial charge in [0.2, 0.25) is 0 Å². The van der Waals surface area contributed by atoms with E-state index in [2.05, 4.69) is 0 Å². The number of rotatable bonds is 7. The number of carbonyl (C=O) groups excluding carboxylic acids is 1. The summed E-state index contributed by atoms with van der Waals surface area (Å²) >= 11 is 0. The molecule has 0 saturated carbocycles. The van der Waals surface area contributed by atoms with Crippen LogP contribution in [0.3, 0.4) is 0 Å². The van der Waals surface area contributed by atoms with Gasteiger partial charge in [0.05, 0.1) is 7.11 Å². The fraction of sp³-hybridized carbons (Fsp3) is 0.500. The highest BCUT2D eigenvalue weighted by Gasteiger charge is 2.13. The summed E-state index contributed by atoms with van der Waals surface area (Å²) in [6, 6.07) is 7.26. The van der Waals surface area contributed by atoms with E-state index in [1.807, 2.05) is 30.0 Å². The Hall–Kier alpha value is -1.55. The molecule has 0 radical (unpaired) electrons. The standard InChI is InChI=1S/C14H22N2O2/c1-3-16(10-5-4-9-15)14(17)12-7-6-8-13(11-12)18-2/h6-8,11H,3-5,9-10,15H2,1-2H3. The molecule has 2 N–H and O–H groups in total. The van der Waals surface area contributed by atoms with Crippen LogP contribution in [0.4, 0.5) is 0 Å². The quantitative estimate of drug-likeness (QED) is 0.752. The van der Waals surface area contributed by atoms with Gasteiger partial charge in [-0.05, 0) is 44.5 Å². The van der Waals surface area contributed by atoms with Gasteiger partial charge in [0.25, 0.3) is 5.91 Å². The zero-order valence-corrected chi connectivity index (χ0v) is 11.2. The van der Waals surface area contributed by atoms with Crippen LogP contribution in [-0.2, 0) is 0 Å². The van der Waals surface area contributed by atoms with E-state index in [1.165, 1.54) is 0 Å². The molecular formula is C14H22N2O2. The van der Waals surface area contributed by atoms with Crippen molar-refractivity contribution in [3.05, 3.63) is 29.8 Å². The van der Waals surface area contributed by atoms with Crippen LogP contribution in [0, 0.1) is 0 Å². The minimum Gasteiger partial charge on any atom is -0.497 e. The summed E-state index contributed by atoms with van der Waals surface area (Å²) in [5.41, 5.74) is 6.13. The first-order chi connectivity index (χ1) is 8.72. The third-order valence-electron chi connectivity index (χ3n) is 2.87. The Labute approximate surface area is 109 Å². The average Bonchev–Trinajstić information content (AvgIpc) is 2.43. The molecule has 1 aromatic rings. The van der Waals surface area contributed by atoms with Crippen molar-refractivity contribution >= 4 is 5.91 Å². The Balaban J connectivity index is 2.69. The number of amides is 1. The summed E-state index contributed by atoms with van der Waals surface area (Å²) in [4.78, 5) is 14.1. The lowest BCUT2D eigenvalue weighted by Crippen LogP contribution is -2.32. The summed E-state index contributed by atoms with van der Waals surface area (Å²) in [5.74, 6) is 0.757. The first-order valence-corrected chi connectivity index (χ1v) is 6.36. The number of ether oxygens (including phenoxy) is 1. The van der Waals surface area contributed by atoms with Gasteiger partial charge >= 0.3 is 0 Å². The van der Waals surface area contributed by atoms with Crippen molar-refractivity contribution in [3.63, 3.8) is 0 Å².